The van der Waals surface area contributed by atoms with Crippen molar-refractivity contribution in [3.05, 3.63) is 56.0 Å². The average molecular weight is 399 g/mol. The van der Waals surface area contributed by atoms with E-state index in [0.717, 1.165) is 11.8 Å². The van der Waals surface area contributed by atoms with Crippen molar-refractivity contribution in [2.24, 2.45) is 0 Å². The highest BCUT2D eigenvalue weighted by atomic mass is 35.5. The lowest BCUT2D eigenvalue weighted by Gasteiger charge is -2.12. The molecule has 25 heavy (non-hydrogen) atoms. The zero-order chi connectivity index (χ0) is 18.6. The summed E-state index contributed by atoms with van der Waals surface area (Å²) >= 11 is 12.2. The van der Waals surface area contributed by atoms with Gasteiger partial charge >= 0.3 is 5.97 Å². The van der Waals surface area contributed by atoms with Crippen LogP contribution in [0.2, 0.25) is 0 Å². The fraction of sp³-hybridized carbons (Fsp3) is 0.133. The van der Waals surface area contributed by atoms with E-state index in [1.54, 1.807) is 6.08 Å². The van der Waals surface area contributed by atoms with Crippen LogP contribution in [-0.4, -0.2) is 37.7 Å². The maximum Gasteiger partial charge on any atom is 0.305 e. The number of benzene rings is 1. The molecule has 1 N–H and O–H groups in total. The van der Waals surface area contributed by atoms with Crippen LogP contribution in [-0.2, 0) is 9.59 Å². The van der Waals surface area contributed by atoms with Crippen LogP contribution < -0.4 is 0 Å². The van der Waals surface area contributed by atoms with Crippen molar-refractivity contribution in [2.45, 2.75) is 6.42 Å². The van der Waals surface area contributed by atoms with E-state index >= 15 is 0 Å². The first-order chi connectivity index (χ1) is 11.8. The first kappa shape index (κ1) is 19.1. The van der Waals surface area contributed by atoms with E-state index in [9.17, 15) is 19.7 Å². The summed E-state index contributed by atoms with van der Waals surface area (Å²) in [4.78, 5) is 34.5. The van der Waals surface area contributed by atoms with Crippen LogP contribution in [0.4, 0.5) is 5.69 Å². The van der Waals surface area contributed by atoms with E-state index in [1.165, 1.54) is 35.2 Å². The van der Waals surface area contributed by atoms with Gasteiger partial charge in [-0.25, -0.2) is 0 Å². The van der Waals surface area contributed by atoms with Gasteiger partial charge in [0.2, 0.25) is 0 Å². The van der Waals surface area contributed by atoms with Gasteiger partial charge in [0.05, 0.1) is 16.2 Å². The molecule has 130 valence electrons. The molecular weight excluding hydrogens is 388 g/mol. The number of carbonyl (C=O) groups is 2. The highest BCUT2D eigenvalue weighted by Crippen LogP contribution is 2.32. The molecule has 1 aromatic carbocycles. The lowest BCUT2D eigenvalue weighted by Crippen LogP contribution is -2.30. The fourth-order valence-electron chi connectivity index (χ4n) is 1.92. The number of carbonyl (C=O) groups excluding carboxylic acids is 1. The lowest BCUT2D eigenvalue weighted by atomic mass is 10.2. The maximum absolute atomic E-state index is 12.2. The quantitative estimate of drug-likeness (QED) is 0.339. The van der Waals surface area contributed by atoms with Gasteiger partial charge in [-0.05, 0) is 29.8 Å². The molecule has 1 fully saturated rings. The van der Waals surface area contributed by atoms with E-state index in [1.807, 2.05) is 0 Å². The summed E-state index contributed by atoms with van der Waals surface area (Å²) in [5.41, 5.74) is 0.598. The monoisotopic (exact) mass is 398 g/mol. The predicted octanol–water partition coefficient (Wildman–Crippen LogP) is 3.39. The van der Waals surface area contributed by atoms with Crippen LogP contribution in [0.15, 0.2) is 40.3 Å². The van der Waals surface area contributed by atoms with E-state index in [2.05, 4.69) is 0 Å². The number of non-ortho nitro benzene ring substituents is 1. The Morgan fingerprint density at radius 1 is 1.40 bits per heavy atom. The molecule has 0 spiro atoms. The Morgan fingerprint density at radius 3 is 2.60 bits per heavy atom. The Bertz CT molecular complexity index is 805. The van der Waals surface area contributed by atoms with Crippen molar-refractivity contribution < 1.29 is 19.6 Å². The first-order valence-corrected chi connectivity index (χ1v) is 8.47. The zero-order valence-corrected chi connectivity index (χ0v) is 14.9. The van der Waals surface area contributed by atoms with Gasteiger partial charge in [0.1, 0.15) is 4.32 Å². The summed E-state index contributed by atoms with van der Waals surface area (Å²) < 4.78 is 0.275. The number of amides is 1. The fourth-order valence-corrected chi connectivity index (χ4v) is 3.52. The van der Waals surface area contributed by atoms with E-state index < -0.39 is 16.8 Å². The van der Waals surface area contributed by atoms with Crippen LogP contribution in [0.25, 0.3) is 6.08 Å². The van der Waals surface area contributed by atoms with Crippen LogP contribution in [0.1, 0.15) is 12.0 Å². The summed E-state index contributed by atoms with van der Waals surface area (Å²) in [5, 5.41) is 19.6. The molecule has 2 rings (SSSR count). The largest absolute Gasteiger partial charge is 0.481 e. The summed E-state index contributed by atoms with van der Waals surface area (Å²) in [5.74, 6) is -1.42. The summed E-state index contributed by atoms with van der Waals surface area (Å²) in [6.45, 7) is 0.00102. The van der Waals surface area contributed by atoms with Crippen molar-refractivity contribution in [2.75, 3.05) is 6.54 Å². The molecule has 10 heteroatoms. The molecule has 0 bridgehead atoms. The first-order valence-electron chi connectivity index (χ1n) is 6.87. The van der Waals surface area contributed by atoms with Crippen LogP contribution in [0.3, 0.4) is 0 Å². The number of hydrogen-bond acceptors (Lipinski definition) is 6. The number of hydrogen-bond donors (Lipinski definition) is 1. The molecule has 0 unspecified atom stereocenters. The third-order valence-corrected chi connectivity index (χ3v) is 4.70. The number of nitro benzene ring substituents is 1. The average Bonchev–Trinajstić information content (AvgIpc) is 2.79. The van der Waals surface area contributed by atoms with Gasteiger partial charge in [0.15, 0.2) is 0 Å². The SMILES string of the molecule is O=C(O)CCN1C(=O)/C(=C/C(Cl)=C\c2ccc([N+](=O)[O-])cc2)SC1=S. The second-order valence-electron chi connectivity index (χ2n) is 4.85. The Morgan fingerprint density at radius 2 is 2.04 bits per heavy atom. The Labute approximate surface area is 157 Å². The number of allylic oxidation sites excluding steroid dienone is 2. The van der Waals surface area contributed by atoms with Crippen molar-refractivity contribution >= 4 is 63.5 Å². The number of nitrogens with zero attached hydrogens (tertiary/aromatic N) is 2. The minimum atomic E-state index is -1.02. The van der Waals surface area contributed by atoms with E-state index in [0.29, 0.717) is 10.5 Å². The van der Waals surface area contributed by atoms with Gasteiger partial charge in [-0.3, -0.25) is 24.6 Å². The summed E-state index contributed by atoms with van der Waals surface area (Å²) in [6.07, 6.45) is 2.78. The van der Waals surface area contributed by atoms with Crippen LogP contribution in [0.5, 0.6) is 0 Å². The molecule has 0 aromatic heterocycles. The molecule has 7 nitrogen and oxygen atoms in total. The molecule has 1 heterocycles. The number of nitro groups is 1. The molecule has 1 amide bonds. The predicted molar refractivity (Wildman–Crippen MR) is 99.2 cm³/mol. The summed E-state index contributed by atoms with van der Waals surface area (Å²) in [7, 11) is 0. The molecule has 0 saturated carbocycles. The Hall–Kier alpha value is -2.23. The number of thioether (sulfide) groups is 1. The lowest BCUT2D eigenvalue weighted by molar-refractivity contribution is -0.384. The Kier molecular flexibility index (Phi) is 6.29. The normalized spacial score (nSPS) is 16.6. The van der Waals surface area contributed by atoms with E-state index in [-0.39, 0.29) is 28.0 Å². The number of rotatable bonds is 6. The minimum absolute atomic E-state index is 0.00102. The second kappa shape index (κ2) is 8.24. The Balaban J connectivity index is 2.13. The third-order valence-electron chi connectivity index (χ3n) is 3.10. The van der Waals surface area contributed by atoms with Crippen LogP contribution in [0, 0.1) is 10.1 Å². The van der Waals surface area contributed by atoms with Crippen molar-refractivity contribution in [1.82, 2.24) is 4.90 Å². The topological polar surface area (TPSA) is 101 Å². The molecule has 0 radical (unpaired) electrons. The molecule has 1 saturated heterocycles. The number of thiocarbonyl (C=S) groups is 1. The van der Waals surface area contributed by atoms with Gasteiger partial charge < -0.3 is 5.11 Å². The smallest absolute Gasteiger partial charge is 0.305 e. The minimum Gasteiger partial charge on any atom is -0.481 e. The van der Waals surface area contributed by atoms with Crippen molar-refractivity contribution in [3.63, 3.8) is 0 Å². The van der Waals surface area contributed by atoms with Gasteiger partial charge in [-0.15, -0.1) is 0 Å². The van der Waals surface area contributed by atoms with Gasteiger partial charge in [-0.2, -0.15) is 0 Å². The van der Waals surface area contributed by atoms with Gasteiger partial charge in [-0.1, -0.05) is 35.6 Å². The molecule has 1 aliphatic heterocycles. The highest BCUT2D eigenvalue weighted by Gasteiger charge is 2.32. The molecule has 1 aliphatic rings. The maximum atomic E-state index is 12.2. The summed E-state index contributed by atoms with van der Waals surface area (Å²) in [6, 6.07) is 5.77. The number of aliphatic carboxylic acids is 1. The standard InChI is InChI=1S/C15H11ClN2O5S2/c16-10(7-9-1-3-11(4-2-9)18(22)23)8-12-14(21)17(15(24)25-12)6-5-13(19)20/h1-4,7-8H,5-6H2,(H,19,20)/b10-7+,12-8-. The molecular formula is C15H11ClN2O5S2. The number of halogens is 1. The highest BCUT2D eigenvalue weighted by molar-refractivity contribution is 8.26. The van der Waals surface area contributed by atoms with Gasteiger partial charge in [0.25, 0.3) is 11.6 Å². The zero-order valence-electron chi connectivity index (χ0n) is 12.5. The number of carboxylic acid groups (broad SMARTS) is 1. The molecule has 0 aliphatic carbocycles. The molecule has 0 atom stereocenters. The third kappa shape index (κ3) is 5.12. The number of carboxylic acids is 1. The van der Waals surface area contributed by atoms with Gasteiger partial charge in [0, 0.05) is 23.7 Å². The van der Waals surface area contributed by atoms with Crippen LogP contribution >= 0.6 is 35.6 Å². The second-order valence-corrected chi connectivity index (χ2v) is 6.97. The molecule has 1 aromatic rings. The van der Waals surface area contributed by atoms with Crippen molar-refractivity contribution in [1.29, 1.82) is 0 Å². The van der Waals surface area contributed by atoms with Crippen molar-refractivity contribution in [3.8, 4) is 0 Å². The van der Waals surface area contributed by atoms with E-state index in [4.69, 9.17) is 28.9 Å².